The van der Waals surface area contributed by atoms with Crippen molar-refractivity contribution in [1.29, 1.82) is 0 Å². The van der Waals surface area contributed by atoms with Crippen LogP contribution in [0.15, 0.2) is 24.3 Å². The zero-order valence-corrected chi connectivity index (χ0v) is 17.3. The van der Waals surface area contributed by atoms with E-state index in [1.54, 1.807) is 0 Å². The molecule has 0 radical (unpaired) electrons. The van der Waals surface area contributed by atoms with Crippen LogP contribution in [0.5, 0.6) is 0 Å². The van der Waals surface area contributed by atoms with Gasteiger partial charge in [-0.3, -0.25) is 4.90 Å². The number of rotatable bonds is 6. The fourth-order valence-electron chi connectivity index (χ4n) is 4.68. The average molecular weight is 384 g/mol. The Kier molecular flexibility index (Phi) is 6.22. The summed E-state index contributed by atoms with van der Waals surface area (Å²) in [5.74, 6) is 0.906. The molecule has 1 aromatic heterocycles. The van der Waals surface area contributed by atoms with Crippen molar-refractivity contribution in [2.45, 2.75) is 45.7 Å². The Morgan fingerprint density at radius 1 is 1.00 bits per heavy atom. The standard InChI is InChI=1S/C21H33N7/c1-18-7-3-4-9-21(18)27-15-13-26(14-16-27)20-8-5-10-25(17-20)11-6-12-28-19(2)22-23-24-28/h3-4,7,9,20H,5-6,8,10-17H2,1-2H3/t20-/m1/s1. The summed E-state index contributed by atoms with van der Waals surface area (Å²) in [6.07, 6.45) is 3.76. The molecule has 2 aliphatic heterocycles. The van der Waals surface area contributed by atoms with Crippen molar-refractivity contribution in [1.82, 2.24) is 30.0 Å². The second kappa shape index (κ2) is 9.01. The van der Waals surface area contributed by atoms with Crippen LogP contribution < -0.4 is 4.90 Å². The number of aromatic nitrogens is 4. The predicted octanol–water partition coefficient (Wildman–Crippen LogP) is 1.97. The molecule has 3 heterocycles. The molecule has 152 valence electrons. The molecule has 0 spiro atoms. The Hall–Kier alpha value is -1.99. The molecule has 2 saturated heterocycles. The van der Waals surface area contributed by atoms with Crippen LogP contribution in [0, 0.1) is 13.8 Å². The molecule has 2 aromatic rings. The minimum Gasteiger partial charge on any atom is -0.369 e. The molecule has 0 saturated carbocycles. The van der Waals surface area contributed by atoms with Gasteiger partial charge in [0.15, 0.2) is 0 Å². The lowest BCUT2D eigenvalue weighted by molar-refractivity contribution is 0.0911. The Bertz CT molecular complexity index is 751. The highest BCUT2D eigenvalue weighted by Gasteiger charge is 2.28. The van der Waals surface area contributed by atoms with E-state index in [4.69, 9.17) is 0 Å². The lowest BCUT2D eigenvalue weighted by atomic mass is 10.0. The number of benzene rings is 1. The number of hydrogen-bond donors (Lipinski definition) is 0. The zero-order chi connectivity index (χ0) is 19.3. The highest BCUT2D eigenvalue weighted by molar-refractivity contribution is 5.53. The number of likely N-dealkylation sites (tertiary alicyclic amines) is 1. The van der Waals surface area contributed by atoms with E-state index in [0.717, 1.165) is 38.4 Å². The molecular weight excluding hydrogens is 350 g/mol. The summed E-state index contributed by atoms with van der Waals surface area (Å²) < 4.78 is 1.91. The molecule has 1 atom stereocenters. The second-order valence-electron chi connectivity index (χ2n) is 8.21. The van der Waals surface area contributed by atoms with E-state index in [-0.39, 0.29) is 0 Å². The first-order valence-electron chi connectivity index (χ1n) is 10.7. The Balaban J connectivity index is 1.24. The van der Waals surface area contributed by atoms with E-state index in [1.165, 1.54) is 50.3 Å². The van der Waals surface area contributed by atoms with Gasteiger partial charge in [0.2, 0.25) is 0 Å². The topological polar surface area (TPSA) is 53.3 Å². The van der Waals surface area contributed by atoms with Crippen LogP contribution >= 0.6 is 0 Å². The van der Waals surface area contributed by atoms with Gasteiger partial charge in [0.05, 0.1) is 0 Å². The number of tetrazole rings is 1. The number of anilines is 1. The van der Waals surface area contributed by atoms with Crippen LogP contribution in [-0.4, -0.2) is 81.9 Å². The van der Waals surface area contributed by atoms with Gasteiger partial charge in [-0.25, -0.2) is 4.68 Å². The fraction of sp³-hybridized carbons (Fsp3) is 0.667. The minimum atomic E-state index is 0.711. The highest BCUT2D eigenvalue weighted by atomic mass is 15.5. The van der Waals surface area contributed by atoms with Gasteiger partial charge in [0.25, 0.3) is 0 Å². The number of para-hydroxylation sites is 1. The zero-order valence-electron chi connectivity index (χ0n) is 17.3. The number of hydrogen-bond acceptors (Lipinski definition) is 6. The van der Waals surface area contributed by atoms with Gasteiger partial charge < -0.3 is 9.80 Å². The summed E-state index contributed by atoms with van der Waals surface area (Å²) >= 11 is 0. The van der Waals surface area contributed by atoms with Gasteiger partial charge in [-0.15, -0.1) is 5.10 Å². The summed E-state index contributed by atoms with van der Waals surface area (Å²) in [5, 5.41) is 11.7. The average Bonchev–Trinajstić information content (AvgIpc) is 3.14. The molecule has 0 aliphatic carbocycles. The summed E-state index contributed by atoms with van der Waals surface area (Å²) in [4.78, 5) is 7.93. The predicted molar refractivity (Wildman–Crippen MR) is 112 cm³/mol. The molecule has 2 aliphatic rings. The minimum absolute atomic E-state index is 0.711. The molecule has 0 N–H and O–H groups in total. The van der Waals surface area contributed by atoms with E-state index in [2.05, 4.69) is 61.4 Å². The first-order chi connectivity index (χ1) is 13.7. The van der Waals surface area contributed by atoms with E-state index in [9.17, 15) is 0 Å². The van der Waals surface area contributed by atoms with Crippen molar-refractivity contribution >= 4 is 5.69 Å². The van der Waals surface area contributed by atoms with Crippen LogP contribution in [0.1, 0.15) is 30.7 Å². The number of aryl methyl sites for hydroxylation is 3. The summed E-state index contributed by atoms with van der Waals surface area (Å²) in [7, 11) is 0. The number of nitrogens with zero attached hydrogens (tertiary/aromatic N) is 7. The first-order valence-corrected chi connectivity index (χ1v) is 10.7. The van der Waals surface area contributed by atoms with Crippen LogP contribution in [-0.2, 0) is 6.54 Å². The molecule has 7 nitrogen and oxygen atoms in total. The van der Waals surface area contributed by atoms with Crippen LogP contribution in [0.2, 0.25) is 0 Å². The maximum atomic E-state index is 4.05. The Labute approximate surface area is 168 Å². The van der Waals surface area contributed by atoms with Crippen molar-refractivity contribution in [3.05, 3.63) is 35.7 Å². The number of piperidine rings is 1. The van der Waals surface area contributed by atoms with Gasteiger partial charge in [0, 0.05) is 51.0 Å². The van der Waals surface area contributed by atoms with Gasteiger partial charge >= 0.3 is 0 Å². The van der Waals surface area contributed by atoms with E-state index in [0.29, 0.717) is 6.04 Å². The van der Waals surface area contributed by atoms with E-state index >= 15 is 0 Å². The van der Waals surface area contributed by atoms with Gasteiger partial charge in [-0.1, -0.05) is 18.2 Å². The molecule has 2 fully saturated rings. The summed E-state index contributed by atoms with van der Waals surface area (Å²) in [5.41, 5.74) is 2.79. The smallest absolute Gasteiger partial charge is 0.148 e. The SMILES string of the molecule is Cc1ccccc1N1CCN([C@@H]2CCCN(CCCn3nnnc3C)C2)CC1. The second-order valence-corrected chi connectivity index (χ2v) is 8.21. The monoisotopic (exact) mass is 383 g/mol. The molecule has 0 amide bonds. The van der Waals surface area contributed by atoms with Crippen molar-refractivity contribution < 1.29 is 0 Å². The maximum Gasteiger partial charge on any atom is 0.148 e. The van der Waals surface area contributed by atoms with Gasteiger partial charge in [-0.05, 0) is 68.3 Å². The lowest BCUT2D eigenvalue weighted by Gasteiger charge is -2.44. The Morgan fingerprint density at radius 3 is 2.57 bits per heavy atom. The third-order valence-electron chi connectivity index (χ3n) is 6.32. The molecule has 7 heteroatoms. The van der Waals surface area contributed by atoms with Gasteiger partial charge in [-0.2, -0.15) is 0 Å². The first kappa shape index (κ1) is 19.3. The van der Waals surface area contributed by atoms with Crippen molar-refractivity contribution in [3.8, 4) is 0 Å². The lowest BCUT2D eigenvalue weighted by Crippen LogP contribution is -2.55. The molecule has 1 aromatic carbocycles. The van der Waals surface area contributed by atoms with Crippen LogP contribution in [0.3, 0.4) is 0 Å². The third kappa shape index (κ3) is 4.52. The van der Waals surface area contributed by atoms with Crippen LogP contribution in [0.4, 0.5) is 5.69 Å². The van der Waals surface area contributed by atoms with Crippen molar-refractivity contribution in [3.63, 3.8) is 0 Å². The molecule has 4 rings (SSSR count). The summed E-state index contributed by atoms with van der Waals surface area (Å²) in [6, 6.07) is 9.48. The molecule has 28 heavy (non-hydrogen) atoms. The van der Waals surface area contributed by atoms with Crippen LogP contribution in [0.25, 0.3) is 0 Å². The largest absolute Gasteiger partial charge is 0.369 e. The molecular formula is C21H33N7. The van der Waals surface area contributed by atoms with Gasteiger partial charge in [0.1, 0.15) is 5.82 Å². The van der Waals surface area contributed by atoms with E-state index in [1.807, 2.05) is 11.6 Å². The quantitative estimate of drug-likeness (QED) is 0.760. The summed E-state index contributed by atoms with van der Waals surface area (Å²) in [6.45, 7) is 13.3. The van der Waals surface area contributed by atoms with E-state index < -0.39 is 0 Å². The van der Waals surface area contributed by atoms with Crippen molar-refractivity contribution in [2.24, 2.45) is 0 Å². The highest BCUT2D eigenvalue weighted by Crippen LogP contribution is 2.23. The third-order valence-corrected chi connectivity index (χ3v) is 6.32. The fourth-order valence-corrected chi connectivity index (χ4v) is 4.68. The Morgan fingerprint density at radius 2 is 1.82 bits per heavy atom. The molecule has 0 bridgehead atoms. The molecule has 0 unspecified atom stereocenters. The maximum absolute atomic E-state index is 4.05. The van der Waals surface area contributed by atoms with Crippen molar-refractivity contribution in [2.75, 3.05) is 50.7 Å². The normalized spacial score (nSPS) is 21.9. The number of piperazine rings is 1.